The molecule has 0 atom stereocenters. The maximum atomic E-state index is 4.20. The van der Waals surface area contributed by atoms with Gasteiger partial charge in [0.25, 0.3) is 0 Å². The molecule has 0 aliphatic heterocycles. The van der Waals surface area contributed by atoms with Crippen molar-refractivity contribution < 1.29 is 0 Å². The second-order valence-corrected chi connectivity index (χ2v) is 2.99. The minimum Gasteiger partial charge on any atom is -0.331 e. The zero-order valence-corrected chi connectivity index (χ0v) is 7.89. The highest BCUT2D eigenvalue weighted by molar-refractivity contribution is 5.43. The summed E-state index contributed by atoms with van der Waals surface area (Å²) in [7, 11) is 3.87. The van der Waals surface area contributed by atoms with Crippen LogP contribution in [-0.2, 0) is 14.1 Å². The van der Waals surface area contributed by atoms with Gasteiger partial charge in [0.05, 0.1) is 0 Å². The van der Waals surface area contributed by atoms with Crippen LogP contribution in [-0.4, -0.2) is 24.3 Å². The molecule has 0 aromatic carbocycles. The Bertz CT molecular complexity index is 425. The number of rotatable bonds is 1. The van der Waals surface area contributed by atoms with Gasteiger partial charge in [0.15, 0.2) is 11.6 Å². The van der Waals surface area contributed by atoms with E-state index in [-0.39, 0.29) is 0 Å². The number of imidazole rings is 1. The summed E-state index contributed by atoms with van der Waals surface area (Å²) in [5.41, 5.74) is 0. The number of aromatic nitrogens is 5. The van der Waals surface area contributed by atoms with Gasteiger partial charge in [-0.05, 0) is 6.92 Å². The lowest BCUT2D eigenvalue weighted by molar-refractivity contribution is 0.836. The molecular formula is C8H11N5. The van der Waals surface area contributed by atoms with Crippen LogP contribution in [0.5, 0.6) is 0 Å². The van der Waals surface area contributed by atoms with Crippen LogP contribution < -0.4 is 0 Å². The third-order valence-corrected chi connectivity index (χ3v) is 2.11. The monoisotopic (exact) mass is 177 g/mol. The van der Waals surface area contributed by atoms with E-state index in [0.717, 1.165) is 17.5 Å². The van der Waals surface area contributed by atoms with E-state index >= 15 is 0 Å². The number of aryl methyl sites for hydroxylation is 2. The summed E-state index contributed by atoms with van der Waals surface area (Å²) in [6, 6.07) is 0. The molecular weight excluding hydrogens is 166 g/mol. The third-order valence-electron chi connectivity index (χ3n) is 2.11. The Morgan fingerprint density at radius 2 is 1.92 bits per heavy atom. The standard InChI is InChI=1S/C8H11N5/c1-6-10-11-8(13(6)3)7-9-4-5-12(7)2/h4-5H,1-3H3. The minimum absolute atomic E-state index is 0.796. The van der Waals surface area contributed by atoms with E-state index in [4.69, 9.17) is 0 Å². The van der Waals surface area contributed by atoms with E-state index < -0.39 is 0 Å². The summed E-state index contributed by atoms with van der Waals surface area (Å²) < 4.78 is 3.84. The highest BCUT2D eigenvalue weighted by Crippen LogP contribution is 2.12. The van der Waals surface area contributed by atoms with Gasteiger partial charge >= 0.3 is 0 Å². The molecule has 68 valence electrons. The Kier molecular flexibility index (Phi) is 1.65. The summed E-state index contributed by atoms with van der Waals surface area (Å²) in [5.74, 6) is 2.52. The Balaban J connectivity index is 2.59. The van der Waals surface area contributed by atoms with Crippen molar-refractivity contribution in [2.75, 3.05) is 0 Å². The van der Waals surface area contributed by atoms with Gasteiger partial charge < -0.3 is 9.13 Å². The Morgan fingerprint density at radius 1 is 1.15 bits per heavy atom. The van der Waals surface area contributed by atoms with Gasteiger partial charge in [0.2, 0.25) is 0 Å². The molecule has 0 N–H and O–H groups in total. The molecule has 0 saturated heterocycles. The first kappa shape index (κ1) is 7.97. The van der Waals surface area contributed by atoms with Gasteiger partial charge in [-0.25, -0.2) is 4.98 Å². The van der Waals surface area contributed by atoms with E-state index in [1.54, 1.807) is 6.20 Å². The van der Waals surface area contributed by atoms with Crippen LogP contribution in [0, 0.1) is 6.92 Å². The van der Waals surface area contributed by atoms with Crippen LogP contribution in [0.3, 0.4) is 0 Å². The number of hydrogen-bond donors (Lipinski definition) is 0. The van der Waals surface area contributed by atoms with Crippen LogP contribution in [0.4, 0.5) is 0 Å². The highest BCUT2D eigenvalue weighted by Gasteiger charge is 2.10. The van der Waals surface area contributed by atoms with Crippen molar-refractivity contribution in [3.63, 3.8) is 0 Å². The first-order chi connectivity index (χ1) is 6.20. The summed E-state index contributed by atoms with van der Waals surface area (Å²) in [6.07, 6.45) is 3.64. The van der Waals surface area contributed by atoms with Gasteiger partial charge in [0, 0.05) is 26.5 Å². The van der Waals surface area contributed by atoms with Gasteiger partial charge in [-0.3, -0.25) is 0 Å². The van der Waals surface area contributed by atoms with Crippen LogP contribution in [0.15, 0.2) is 12.4 Å². The van der Waals surface area contributed by atoms with Crippen molar-refractivity contribution in [3.8, 4) is 11.6 Å². The highest BCUT2D eigenvalue weighted by atomic mass is 15.3. The molecule has 2 heterocycles. The van der Waals surface area contributed by atoms with E-state index in [2.05, 4.69) is 15.2 Å². The van der Waals surface area contributed by atoms with E-state index in [9.17, 15) is 0 Å². The number of nitrogens with zero attached hydrogens (tertiary/aromatic N) is 5. The molecule has 0 amide bonds. The molecule has 2 aromatic rings. The van der Waals surface area contributed by atoms with Crippen molar-refractivity contribution in [3.05, 3.63) is 18.2 Å². The quantitative estimate of drug-likeness (QED) is 0.638. The first-order valence-electron chi connectivity index (χ1n) is 4.04. The SMILES string of the molecule is Cc1nnc(-c2nccn2C)n1C. The molecule has 2 aromatic heterocycles. The molecule has 0 fully saturated rings. The maximum absolute atomic E-state index is 4.20. The zero-order valence-electron chi connectivity index (χ0n) is 7.89. The van der Waals surface area contributed by atoms with Gasteiger partial charge in [-0.1, -0.05) is 0 Å². The van der Waals surface area contributed by atoms with E-state index in [1.807, 2.05) is 36.4 Å². The summed E-state index contributed by atoms with van der Waals surface area (Å²) in [4.78, 5) is 4.20. The number of hydrogen-bond acceptors (Lipinski definition) is 3. The van der Waals surface area contributed by atoms with Crippen molar-refractivity contribution in [2.45, 2.75) is 6.92 Å². The lowest BCUT2D eigenvalue weighted by Crippen LogP contribution is -2.00. The molecule has 0 spiro atoms. The molecule has 0 radical (unpaired) electrons. The van der Waals surface area contributed by atoms with Crippen molar-refractivity contribution in [2.24, 2.45) is 14.1 Å². The molecule has 5 nitrogen and oxygen atoms in total. The predicted octanol–water partition coefficient (Wildman–Crippen LogP) is 0.524. The van der Waals surface area contributed by atoms with Crippen LogP contribution in [0.1, 0.15) is 5.82 Å². The summed E-state index contributed by atoms with van der Waals surface area (Å²) >= 11 is 0. The van der Waals surface area contributed by atoms with Gasteiger partial charge in [0.1, 0.15) is 5.82 Å². The van der Waals surface area contributed by atoms with Crippen LogP contribution in [0.2, 0.25) is 0 Å². The van der Waals surface area contributed by atoms with Crippen molar-refractivity contribution in [1.29, 1.82) is 0 Å². The Morgan fingerprint density at radius 3 is 2.38 bits per heavy atom. The molecule has 0 aliphatic carbocycles. The third kappa shape index (κ3) is 1.12. The molecule has 5 heteroatoms. The van der Waals surface area contributed by atoms with Crippen LogP contribution in [0.25, 0.3) is 11.6 Å². The van der Waals surface area contributed by atoms with Crippen LogP contribution >= 0.6 is 0 Å². The van der Waals surface area contributed by atoms with E-state index in [0.29, 0.717) is 0 Å². The lowest BCUT2D eigenvalue weighted by atomic mass is 10.5. The molecule has 0 aliphatic rings. The summed E-state index contributed by atoms with van der Waals surface area (Å²) in [5, 5.41) is 8.02. The summed E-state index contributed by atoms with van der Waals surface area (Å²) in [6.45, 7) is 1.92. The molecule has 0 bridgehead atoms. The normalized spacial score (nSPS) is 10.7. The second-order valence-electron chi connectivity index (χ2n) is 2.99. The van der Waals surface area contributed by atoms with Gasteiger partial charge in [-0.2, -0.15) is 0 Å². The zero-order chi connectivity index (χ0) is 9.42. The fourth-order valence-corrected chi connectivity index (χ4v) is 1.18. The average Bonchev–Trinajstić information content (AvgIpc) is 2.62. The topological polar surface area (TPSA) is 48.5 Å². The second kappa shape index (κ2) is 2.69. The smallest absolute Gasteiger partial charge is 0.199 e. The van der Waals surface area contributed by atoms with Crippen molar-refractivity contribution >= 4 is 0 Å². The fourth-order valence-electron chi connectivity index (χ4n) is 1.18. The Hall–Kier alpha value is -1.65. The lowest BCUT2D eigenvalue weighted by Gasteiger charge is -2.00. The van der Waals surface area contributed by atoms with E-state index in [1.165, 1.54) is 0 Å². The van der Waals surface area contributed by atoms with Crippen molar-refractivity contribution in [1.82, 2.24) is 24.3 Å². The average molecular weight is 177 g/mol. The molecule has 0 unspecified atom stereocenters. The Labute approximate surface area is 76.0 Å². The largest absolute Gasteiger partial charge is 0.331 e. The van der Waals surface area contributed by atoms with Gasteiger partial charge in [-0.15, -0.1) is 10.2 Å². The minimum atomic E-state index is 0.796. The fraction of sp³-hybridized carbons (Fsp3) is 0.375. The molecule has 2 rings (SSSR count). The first-order valence-corrected chi connectivity index (χ1v) is 4.04. The molecule has 0 saturated carbocycles. The molecule has 13 heavy (non-hydrogen) atoms. The predicted molar refractivity (Wildman–Crippen MR) is 47.9 cm³/mol. The maximum Gasteiger partial charge on any atom is 0.199 e.